The van der Waals surface area contributed by atoms with Gasteiger partial charge in [-0.2, -0.15) is 0 Å². The van der Waals surface area contributed by atoms with Crippen LogP contribution in [0, 0.1) is 0 Å². The molecule has 0 radical (unpaired) electrons. The van der Waals surface area contributed by atoms with Crippen molar-refractivity contribution >= 4 is 0 Å². The normalized spacial score (nSPS) is 33.0. The van der Waals surface area contributed by atoms with Gasteiger partial charge in [-0.05, 0) is 46.6 Å². The molecule has 1 aliphatic heterocycles. The van der Waals surface area contributed by atoms with Gasteiger partial charge < -0.3 is 5.32 Å². The first-order chi connectivity index (χ1) is 8.07. The molecule has 0 amide bonds. The number of nitrogens with zero attached hydrogens (tertiary/aromatic N) is 1. The lowest BCUT2D eigenvalue weighted by Gasteiger charge is -2.35. The van der Waals surface area contributed by atoms with Gasteiger partial charge in [0, 0.05) is 24.2 Å². The Kier molecular flexibility index (Phi) is 4.48. The third-order valence-electron chi connectivity index (χ3n) is 4.43. The van der Waals surface area contributed by atoms with Crippen molar-refractivity contribution in [2.75, 3.05) is 13.1 Å². The number of hydrogen-bond donors (Lipinski definition) is 1. The average molecular weight is 238 g/mol. The third-order valence-corrected chi connectivity index (χ3v) is 4.43. The molecule has 2 rings (SSSR count). The Hall–Kier alpha value is -0.0800. The van der Waals surface area contributed by atoms with Crippen LogP contribution in [0.25, 0.3) is 0 Å². The molecule has 2 nitrogen and oxygen atoms in total. The molecular formula is C15H30N2. The SMILES string of the molecule is CC1CCN(C2CCCCCC2)CC(C)(C)N1. The maximum Gasteiger partial charge on any atom is 0.0254 e. The summed E-state index contributed by atoms with van der Waals surface area (Å²) in [6, 6.07) is 1.53. The van der Waals surface area contributed by atoms with Crippen molar-refractivity contribution in [2.24, 2.45) is 0 Å². The molecule has 1 atom stereocenters. The van der Waals surface area contributed by atoms with Crippen LogP contribution in [0.1, 0.15) is 65.7 Å². The topological polar surface area (TPSA) is 15.3 Å². The second kappa shape index (κ2) is 5.71. The first-order valence-corrected chi connectivity index (χ1v) is 7.58. The zero-order valence-electron chi connectivity index (χ0n) is 12.0. The van der Waals surface area contributed by atoms with Gasteiger partial charge in [-0.1, -0.05) is 25.7 Å². The molecule has 1 saturated heterocycles. The number of nitrogens with one attached hydrogen (secondary N) is 1. The summed E-state index contributed by atoms with van der Waals surface area (Å²) >= 11 is 0. The molecule has 1 unspecified atom stereocenters. The van der Waals surface area contributed by atoms with E-state index in [4.69, 9.17) is 0 Å². The zero-order chi connectivity index (χ0) is 12.3. The third kappa shape index (κ3) is 3.96. The predicted octanol–water partition coefficient (Wildman–Crippen LogP) is 3.17. The fraction of sp³-hybridized carbons (Fsp3) is 1.00. The number of rotatable bonds is 1. The molecule has 2 fully saturated rings. The van der Waals surface area contributed by atoms with E-state index in [1.165, 1.54) is 58.0 Å². The van der Waals surface area contributed by atoms with Crippen LogP contribution in [-0.2, 0) is 0 Å². The highest BCUT2D eigenvalue weighted by Gasteiger charge is 2.30. The highest BCUT2D eigenvalue weighted by atomic mass is 15.2. The molecule has 17 heavy (non-hydrogen) atoms. The van der Waals surface area contributed by atoms with Gasteiger partial charge >= 0.3 is 0 Å². The molecule has 100 valence electrons. The highest BCUT2D eigenvalue weighted by Crippen LogP contribution is 2.25. The van der Waals surface area contributed by atoms with Gasteiger partial charge in [-0.3, -0.25) is 4.90 Å². The zero-order valence-corrected chi connectivity index (χ0v) is 12.0. The minimum atomic E-state index is 0.280. The van der Waals surface area contributed by atoms with Gasteiger partial charge in [0.2, 0.25) is 0 Å². The maximum atomic E-state index is 3.76. The second-order valence-corrected chi connectivity index (χ2v) is 6.83. The van der Waals surface area contributed by atoms with Crippen LogP contribution >= 0.6 is 0 Å². The van der Waals surface area contributed by atoms with Gasteiger partial charge in [0.15, 0.2) is 0 Å². The van der Waals surface area contributed by atoms with Gasteiger partial charge in [0.1, 0.15) is 0 Å². The molecule has 1 saturated carbocycles. The smallest absolute Gasteiger partial charge is 0.0254 e. The Morgan fingerprint density at radius 3 is 2.29 bits per heavy atom. The standard InChI is InChI=1S/C15H30N2/c1-13-10-11-17(12-15(2,3)16-13)14-8-6-4-5-7-9-14/h13-14,16H,4-12H2,1-3H3. The maximum absolute atomic E-state index is 3.76. The quantitative estimate of drug-likeness (QED) is 0.706. The molecule has 0 aromatic carbocycles. The summed E-state index contributed by atoms with van der Waals surface area (Å²) in [5.74, 6) is 0. The molecule has 1 N–H and O–H groups in total. The van der Waals surface area contributed by atoms with E-state index in [0.29, 0.717) is 6.04 Å². The Morgan fingerprint density at radius 1 is 1.00 bits per heavy atom. The van der Waals surface area contributed by atoms with Crippen molar-refractivity contribution in [3.63, 3.8) is 0 Å². The molecule has 0 bridgehead atoms. The first-order valence-electron chi connectivity index (χ1n) is 7.58. The van der Waals surface area contributed by atoms with Crippen LogP contribution in [0.4, 0.5) is 0 Å². The van der Waals surface area contributed by atoms with Gasteiger partial charge in [0.25, 0.3) is 0 Å². The van der Waals surface area contributed by atoms with Crippen LogP contribution in [0.3, 0.4) is 0 Å². The molecule has 1 heterocycles. The first kappa shape index (κ1) is 13.4. The predicted molar refractivity (Wildman–Crippen MR) is 74.4 cm³/mol. The van der Waals surface area contributed by atoms with E-state index in [1.54, 1.807) is 0 Å². The van der Waals surface area contributed by atoms with Crippen LogP contribution in [-0.4, -0.2) is 35.6 Å². The van der Waals surface area contributed by atoms with E-state index in [1.807, 2.05) is 0 Å². The van der Waals surface area contributed by atoms with E-state index < -0.39 is 0 Å². The summed E-state index contributed by atoms with van der Waals surface area (Å²) in [4.78, 5) is 2.78. The number of hydrogen-bond acceptors (Lipinski definition) is 2. The van der Waals surface area contributed by atoms with E-state index in [2.05, 4.69) is 31.0 Å². The summed E-state index contributed by atoms with van der Waals surface area (Å²) in [5.41, 5.74) is 0.280. The van der Waals surface area contributed by atoms with Crippen LogP contribution in [0.5, 0.6) is 0 Å². The largest absolute Gasteiger partial charge is 0.308 e. The van der Waals surface area contributed by atoms with Gasteiger partial charge in [0.05, 0.1) is 0 Å². The molecule has 0 spiro atoms. The fourth-order valence-corrected chi connectivity index (χ4v) is 3.67. The summed E-state index contributed by atoms with van der Waals surface area (Å²) in [6.45, 7) is 9.57. The van der Waals surface area contributed by atoms with Gasteiger partial charge in [-0.15, -0.1) is 0 Å². The van der Waals surface area contributed by atoms with Crippen molar-refractivity contribution in [1.82, 2.24) is 10.2 Å². The van der Waals surface area contributed by atoms with Crippen molar-refractivity contribution in [3.05, 3.63) is 0 Å². The molecule has 2 heteroatoms. The highest BCUT2D eigenvalue weighted by molar-refractivity contribution is 4.90. The monoisotopic (exact) mass is 238 g/mol. The fourth-order valence-electron chi connectivity index (χ4n) is 3.67. The van der Waals surface area contributed by atoms with Crippen molar-refractivity contribution in [1.29, 1.82) is 0 Å². The Morgan fingerprint density at radius 2 is 1.65 bits per heavy atom. The van der Waals surface area contributed by atoms with Crippen molar-refractivity contribution < 1.29 is 0 Å². The van der Waals surface area contributed by atoms with Crippen LogP contribution in [0.15, 0.2) is 0 Å². The minimum absolute atomic E-state index is 0.280. The van der Waals surface area contributed by atoms with Crippen molar-refractivity contribution in [2.45, 2.75) is 83.3 Å². The Bertz CT molecular complexity index is 229. The van der Waals surface area contributed by atoms with Crippen LogP contribution in [0.2, 0.25) is 0 Å². The van der Waals surface area contributed by atoms with E-state index >= 15 is 0 Å². The Labute approximate surface area is 107 Å². The van der Waals surface area contributed by atoms with Crippen molar-refractivity contribution in [3.8, 4) is 0 Å². The molecular weight excluding hydrogens is 208 g/mol. The lowest BCUT2D eigenvalue weighted by molar-refractivity contribution is 0.155. The summed E-state index contributed by atoms with van der Waals surface area (Å²) in [5, 5.41) is 3.76. The minimum Gasteiger partial charge on any atom is -0.308 e. The van der Waals surface area contributed by atoms with Crippen LogP contribution < -0.4 is 5.32 Å². The summed E-state index contributed by atoms with van der Waals surface area (Å²) < 4.78 is 0. The Balaban J connectivity index is 1.98. The summed E-state index contributed by atoms with van der Waals surface area (Å²) in [7, 11) is 0. The van der Waals surface area contributed by atoms with E-state index in [9.17, 15) is 0 Å². The molecule has 0 aromatic rings. The molecule has 0 aromatic heterocycles. The lowest BCUT2D eigenvalue weighted by Crippen LogP contribution is -2.50. The summed E-state index contributed by atoms with van der Waals surface area (Å²) in [6.07, 6.45) is 9.99. The second-order valence-electron chi connectivity index (χ2n) is 6.83. The molecule has 2 aliphatic rings. The van der Waals surface area contributed by atoms with E-state index in [-0.39, 0.29) is 5.54 Å². The molecule has 1 aliphatic carbocycles. The average Bonchev–Trinajstić information content (AvgIpc) is 2.56. The van der Waals surface area contributed by atoms with Gasteiger partial charge in [-0.25, -0.2) is 0 Å². The lowest BCUT2D eigenvalue weighted by atomic mass is 10.0. The van der Waals surface area contributed by atoms with E-state index in [0.717, 1.165) is 6.04 Å².